The van der Waals surface area contributed by atoms with Crippen molar-refractivity contribution in [3.63, 3.8) is 0 Å². The van der Waals surface area contributed by atoms with Crippen LogP contribution >= 0.6 is 0 Å². The van der Waals surface area contributed by atoms with E-state index in [0.717, 1.165) is 23.9 Å². The quantitative estimate of drug-likeness (QED) is 0.891. The molecule has 18 heavy (non-hydrogen) atoms. The Morgan fingerprint density at radius 3 is 2.78 bits per heavy atom. The van der Waals surface area contributed by atoms with Crippen molar-refractivity contribution in [3.8, 4) is 0 Å². The first-order chi connectivity index (χ1) is 8.74. The van der Waals surface area contributed by atoms with Crippen molar-refractivity contribution in [1.82, 2.24) is 10.3 Å². The number of nitrogens with one attached hydrogen (secondary N) is 1. The van der Waals surface area contributed by atoms with E-state index in [2.05, 4.69) is 48.6 Å². The van der Waals surface area contributed by atoms with Gasteiger partial charge in [-0.25, -0.2) is 4.98 Å². The van der Waals surface area contributed by atoms with Crippen molar-refractivity contribution in [2.45, 2.75) is 25.4 Å². The van der Waals surface area contributed by atoms with Crippen LogP contribution in [0.4, 0.5) is 5.82 Å². The number of rotatable bonds is 4. The summed E-state index contributed by atoms with van der Waals surface area (Å²) in [4.78, 5) is 6.85. The summed E-state index contributed by atoms with van der Waals surface area (Å²) in [6.07, 6.45) is 2.64. The molecule has 1 fully saturated rings. The van der Waals surface area contributed by atoms with E-state index in [-0.39, 0.29) is 0 Å². The van der Waals surface area contributed by atoms with Crippen LogP contribution in [-0.2, 0) is 6.54 Å². The molecule has 2 aromatic rings. The Labute approximate surface area is 108 Å². The van der Waals surface area contributed by atoms with Gasteiger partial charge in [-0.1, -0.05) is 18.2 Å². The van der Waals surface area contributed by atoms with Crippen molar-refractivity contribution in [2.75, 3.05) is 19.0 Å². The van der Waals surface area contributed by atoms with Crippen molar-refractivity contribution in [2.24, 2.45) is 0 Å². The van der Waals surface area contributed by atoms with E-state index in [4.69, 9.17) is 4.98 Å². The SMILES string of the molecule is CN(C)c1nc2ccccc2cc1CNC1CC1. The highest BCUT2D eigenvalue weighted by Crippen LogP contribution is 2.24. The lowest BCUT2D eigenvalue weighted by atomic mass is 10.1. The topological polar surface area (TPSA) is 28.2 Å². The normalized spacial score (nSPS) is 15.0. The zero-order valence-corrected chi connectivity index (χ0v) is 11.0. The second-order valence-electron chi connectivity index (χ2n) is 5.21. The molecule has 1 saturated carbocycles. The van der Waals surface area contributed by atoms with Crippen LogP contribution in [0.25, 0.3) is 10.9 Å². The Morgan fingerprint density at radius 2 is 2.06 bits per heavy atom. The van der Waals surface area contributed by atoms with E-state index in [1.54, 1.807) is 0 Å². The monoisotopic (exact) mass is 241 g/mol. The first-order valence-corrected chi connectivity index (χ1v) is 6.53. The van der Waals surface area contributed by atoms with Crippen molar-refractivity contribution in [1.29, 1.82) is 0 Å². The van der Waals surface area contributed by atoms with E-state index in [9.17, 15) is 0 Å². The summed E-state index contributed by atoms with van der Waals surface area (Å²) >= 11 is 0. The number of hydrogen-bond donors (Lipinski definition) is 1. The highest BCUT2D eigenvalue weighted by molar-refractivity contribution is 5.81. The van der Waals surface area contributed by atoms with E-state index in [0.29, 0.717) is 0 Å². The van der Waals surface area contributed by atoms with Gasteiger partial charge in [0.1, 0.15) is 5.82 Å². The number of hydrogen-bond acceptors (Lipinski definition) is 3. The average molecular weight is 241 g/mol. The van der Waals surface area contributed by atoms with Gasteiger partial charge in [0.05, 0.1) is 5.52 Å². The molecule has 3 nitrogen and oxygen atoms in total. The third kappa shape index (κ3) is 2.31. The van der Waals surface area contributed by atoms with Crippen LogP contribution in [0.3, 0.4) is 0 Å². The number of benzene rings is 1. The van der Waals surface area contributed by atoms with Gasteiger partial charge in [-0.15, -0.1) is 0 Å². The van der Waals surface area contributed by atoms with Gasteiger partial charge in [0, 0.05) is 37.6 Å². The molecule has 1 aromatic carbocycles. The summed E-state index contributed by atoms with van der Waals surface area (Å²) in [5.41, 5.74) is 2.35. The Balaban J connectivity index is 1.99. The van der Waals surface area contributed by atoms with Gasteiger partial charge in [-0.3, -0.25) is 0 Å². The average Bonchev–Trinajstić information content (AvgIpc) is 3.19. The van der Waals surface area contributed by atoms with Crippen LogP contribution in [0.2, 0.25) is 0 Å². The maximum absolute atomic E-state index is 4.76. The molecule has 94 valence electrons. The molecule has 0 bridgehead atoms. The maximum Gasteiger partial charge on any atom is 0.133 e. The molecule has 0 spiro atoms. The van der Waals surface area contributed by atoms with Crippen molar-refractivity contribution < 1.29 is 0 Å². The van der Waals surface area contributed by atoms with Crippen LogP contribution in [0.5, 0.6) is 0 Å². The third-order valence-corrected chi connectivity index (χ3v) is 3.36. The minimum atomic E-state index is 0.728. The Kier molecular flexibility index (Phi) is 2.92. The van der Waals surface area contributed by atoms with E-state index >= 15 is 0 Å². The molecular formula is C15H19N3. The van der Waals surface area contributed by atoms with Crippen LogP contribution in [0.1, 0.15) is 18.4 Å². The molecule has 1 heterocycles. The first-order valence-electron chi connectivity index (χ1n) is 6.53. The fourth-order valence-corrected chi connectivity index (χ4v) is 2.21. The van der Waals surface area contributed by atoms with Crippen LogP contribution in [-0.4, -0.2) is 25.1 Å². The summed E-state index contributed by atoms with van der Waals surface area (Å²) in [7, 11) is 4.11. The second-order valence-corrected chi connectivity index (χ2v) is 5.21. The summed E-state index contributed by atoms with van der Waals surface area (Å²) in [5, 5.41) is 4.78. The largest absolute Gasteiger partial charge is 0.362 e. The third-order valence-electron chi connectivity index (χ3n) is 3.36. The molecule has 0 atom stereocenters. The molecule has 1 aliphatic rings. The number of nitrogens with zero attached hydrogens (tertiary/aromatic N) is 2. The number of anilines is 1. The molecule has 1 aliphatic carbocycles. The number of fused-ring (bicyclic) bond motifs is 1. The lowest BCUT2D eigenvalue weighted by molar-refractivity contribution is 0.686. The van der Waals surface area contributed by atoms with Crippen molar-refractivity contribution >= 4 is 16.7 Å². The number of aromatic nitrogens is 1. The Hall–Kier alpha value is -1.61. The zero-order chi connectivity index (χ0) is 12.5. The van der Waals surface area contributed by atoms with Gasteiger partial charge in [-0.05, 0) is 25.0 Å². The second kappa shape index (κ2) is 4.58. The molecule has 0 radical (unpaired) electrons. The predicted molar refractivity (Wildman–Crippen MR) is 75.9 cm³/mol. The van der Waals surface area contributed by atoms with Gasteiger partial charge in [0.2, 0.25) is 0 Å². The Bertz CT molecular complexity index is 559. The van der Waals surface area contributed by atoms with E-state index in [1.165, 1.54) is 23.8 Å². The number of para-hydroxylation sites is 1. The number of pyridine rings is 1. The van der Waals surface area contributed by atoms with Crippen LogP contribution in [0.15, 0.2) is 30.3 Å². The summed E-state index contributed by atoms with van der Waals surface area (Å²) in [6, 6.07) is 11.3. The summed E-state index contributed by atoms with van der Waals surface area (Å²) < 4.78 is 0. The van der Waals surface area contributed by atoms with Crippen LogP contribution < -0.4 is 10.2 Å². The summed E-state index contributed by atoms with van der Waals surface area (Å²) in [5.74, 6) is 1.07. The molecule has 0 aliphatic heterocycles. The molecule has 3 rings (SSSR count). The minimum absolute atomic E-state index is 0.728. The molecule has 0 saturated heterocycles. The molecular weight excluding hydrogens is 222 g/mol. The van der Waals surface area contributed by atoms with Crippen molar-refractivity contribution in [3.05, 3.63) is 35.9 Å². The summed E-state index contributed by atoms with van der Waals surface area (Å²) in [6.45, 7) is 0.913. The van der Waals surface area contributed by atoms with Gasteiger partial charge in [0.25, 0.3) is 0 Å². The fraction of sp³-hybridized carbons (Fsp3) is 0.400. The van der Waals surface area contributed by atoms with Crippen LogP contribution in [0, 0.1) is 0 Å². The lowest BCUT2D eigenvalue weighted by Crippen LogP contribution is -2.20. The molecule has 0 amide bonds. The van der Waals surface area contributed by atoms with Gasteiger partial charge in [0.15, 0.2) is 0 Å². The predicted octanol–water partition coefficient (Wildman–Crippen LogP) is 2.55. The smallest absolute Gasteiger partial charge is 0.133 e. The molecule has 3 heteroatoms. The van der Waals surface area contributed by atoms with E-state index < -0.39 is 0 Å². The highest BCUT2D eigenvalue weighted by Gasteiger charge is 2.21. The molecule has 1 aromatic heterocycles. The zero-order valence-electron chi connectivity index (χ0n) is 11.0. The maximum atomic E-state index is 4.76. The minimum Gasteiger partial charge on any atom is -0.362 e. The first kappa shape index (κ1) is 11.5. The van der Waals surface area contributed by atoms with E-state index in [1.807, 2.05) is 6.07 Å². The molecule has 1 N–H and O–H groups in total. The Morgan fingerprint density at radius 1 is 1.28 bits per heavy atom. The van der Waals surface area contributed by atoms with Gasteiger partial charge < -0.3 is 10.2 Å². The highest BCUT2D eigenvalue weighted by atomic mass is 15.1. The van der Waals surface area contributed by atoms with Gasteiger partial charge >= 0.3 is 0 Å². The van der Waals surface area contributed by atoms with Gasteiger partial charge in [-0.2, -0.15) is 0 Å². The molecule has 0 unspecified atom stereocenters. The fourth-order valence-electron chi connectivity index (χ4n) is 2.21. The standard InChI is InChI=1S/C15H19N3/c1-18(2)15-12(10-16-13-7-8-13)9-11-5-3-4-6-14(11)17-15/h3-6,9,13,16H,7-8,10H2,1-2H3. The lowest BCUT2D eigenvalue weighted by Gasteiger charge is -2.17.